The third-order valence-corrected chi connectivity index (χ3v) is 4.53. The van der Waals surface area contributed by atoms with Crippen LogP contribution in [0.25, 0.3) is 0 Å². The molecule has 15 heavy (non-hydrogen) atoms. The van der Waals surface area contributed by atoms with Gasteiger partial charge in [0.05, 0.1) is 12.6 Å². The van der Waals surface area contributed by atoms with E-state index in [0.29, 0.717) is 17.3 Å². The van der Waals surface area contributed by atoms with Gasteiger partial charge in [-0.1, -0.05) is 18.7 Å². The molecule has 0 aliphatic carbocycles. The molecule has 0 aromatic rings. The van der Waals surface area contributed by atoms with Crippen LogP contribution in [0.15, 0.2) is 4.99 Å². The number of nitrogens with zero attached hydrogens (tertiary/aromatic N) is 1. The molecule has 3 unspecified atom stereocenters. The van der Waals surface area contributed by atoms with Crippen LogP contribution in [0.1, 0.15) is 26.7 Å². The lowest BCUT2D eigenvalue weighted by atomic mass is 10.0. The average molecular weight is 228 g/mol. The SMILES string of the molecule is CCC1CN=C(NCC2CCOC2C)S1. The first-order valence-electron chi connectivity index (χ1n) is 5.86. The summed E-state index contributed by atoms with van der Waals surface area (Å²) in [4.78, 5) is 4.50. The smallest absolute Gasteiger partial charge is 0.156 e. The maximum absolute atomic E-state index is 5.54. The molecule has 2 rings (SSSR count). The summed E-state index contributed by atoms with van der Waals surface area (Å²) in [6.07, 6.45) is 2.80. The molecule has 1 saturated heterocycles. The van der Waals surface area contributed by atoms with E-state index in [2.05, 4.69) is 24.2 Å². The fourth-order valence-corrected chi connectivity index (χ4v) is 2.94. The largest absolute Gasteiger partial charge is 0.378 e. The van der Waals surface area contributed by atoms with Crippen LogP contribution in [0.5, 0.6) is 0 Å². The van der Waals surface area contributed by atoms with E-state index in [-0.39, 0.29) is 0 Å². The van der Waals surface area contributed by atoms with E-state index in [1.54, 1.807) is 0 Å². The predicted molar refractivity (Wildman–Crippen MR) is 65.5 cm³/mol. The van der Waals surface area contributed by atoms with Gasteiger partial charge in [0.25, 0.3) is 0 Å². The number of thioether (sulfide) groups is 1. The molecule has 2 heterocycles. The Morgan fingerprint density at radius 2 is 2.47 bits per heavy atom. The zero-order chi connectivity index (χ0) is 10.7. The molecule has 4 heteroatoms. The van der Waals surface area contributed by atoms with Crippen LogP contribution in [0, 0.1) is 5.92 Å². The second kappa shape index (κ2) is 5.21. The monoisotopic (exact) mass is 228 g/mol. The maximum Gasteiger partial charge on any atom is 0.156 e. The van der Waals surface area contributed by atoms with Crippen LogP contribution in [0.4, 0.5) is 0 Å². The van der Waals surface area contributed by atoms with Crippen molar-refractivity contribution >= 4 is 16.9 Å². The van der Waals surface area contributed by atoms with Gasteiger partial charge in [-0.3, -0.25) is 4.99 Å². The summed E-state index contributed by atoms with van der Waals surface area (Å²) in [5.74, 6) is 0.661. The molecular formula is C11H20N2OS. The maximum atomic E-state index is 5.54. The van der Waals surface area contributed by atoms with Crippen LogP contribution < -0.4 is 5.32 Å². The first-order chi connectivity index (χ1) is 7.29. The Morgan fingerprint density at radius 3 is 3.07 bits per heavy atom. The Balaban J connectivity index is 1.70. The first kappa shape index (κ1) is 11.3. The normalized spacial score (nSPS) is 35.6. The molecule has 3 nitrogen and oxygen atoms in total. The van der Waals surface area contributed by atoms with E-state index >= 15 is 0 Å². The Bertz CT molecular complexity index is 245. The van der Waals surface area contributed by atoms with Gasteiger partial charge in [-0.2, -0.15) is 0 Å². The molecule has 3 atom stereocenters. The Hall–Kier alpha value is -0.220. The molecule has 1 N–H and O–H groups in total. The van der Waals surface area contributed by atoms with Crippen LogP contribution in [0.3, 0.4) is 0 Å². The van der Waals surface area contributed by atoms with Gasteiger partial charge in [-0.25, -0.2) is 0 Å². The highest BCUT2D eigenvalue weighted by molar-refractivity contribution is 8.14. The second-order valence-electron chi connectivity index (χ2n) is 4.30. The summed E-state index contributed by atoms with van der Waals surface area (Å²) in [5.41, 5.74) is 0. The molecule has 2 aliphatic heterocycles. The number of amidine groups is 1. The van der Waals surface area contributed by atoms with E-state index in [1.807, 2.05) is 11.8 Å². The van der Waals surface area contributed by atoms with Crippen molar-refractivity contribution in [2.45, 2.75) is 38.0 Å². The molecule has 0 aromatic carbocycles. The molecule has 86 valence electrons. The quantitative estimate of drug-likeness (QED) is 0.801. The molecule has 0 radical (unpaired) electrons. The van der Waals surface area contributed by atoms with Crippen molar-refractivity contribution in [3.8, 4) is 0 Å². The summed E-state index contributed by atoms with van der Waals surface area (Å²) < 4.78 is 5.54. The highest BCUT2D eigenvalue weighted by Crippen LogP contribution is 2.23. The lowest BCUT2D eigenvalue weighted by molar-refractivity contribution is 0.106. The van der Waals surface area contributed by atoms with Gasteiger partial charge in [0.1, 0.15) is 0 Å². The number of rotatable bonds is 3. The fraction of sp³-hybridized carbons (Fsp3) is 0.909. The minimum absolute atomic E-state index is 0.409. The molecular weight excluding hydrogens is 208 g/mol. The zero-order valence-corrected chi connectivity index (χ0v) is 10.3. The van der Waals surface area contributed by atoms with E-state index in [9.17, 15) is 0 Å². The third kappa shape index (κ3) is 2.88. The molecule has 1 fully saturated rings. The summed E-state index contributed by atoms with van der Waals surface area (Å²) in [6.45, 7) is 7.31. The van der Waals surface area contributed by atoms with Crippen molar-refractivity contribution in [2.24, 2.45) is 10.9 Å². The minimum atomic E-state index is 0.409. The lowest BCUT2D eigenvalue weighted by Gasteiger charge is -2.15. The molecule has 0 amide bonds. The van der Waals surface area contributed by atoms with Gasteiger partial charge in [-0.15, -0.1) is 0 Å². The average Bonchev–Trinajstić information content (AvgIpc) is 2.84. The number of hydrogen-bond donors (Lipinski definition) is 1. The van der Waals surface area contributed by atoms with E-state index in [0.717, 1.165) is 24.9 Å². The van der Waals surface area contributed by atoms with Gasteiger partial charge in [-0.05, 0) is 19.8 Å². The van der Waals surface area contributed by atoms with Crippen molar-refractivity contribution in [1.29, 1.82) is 0 Å². The van der Waals surface area contributed by atoms with Gasteiger partial charge in [0, 0.05) is 24.3 Å². The van der Waals surface area contributed by atoms with Gasteiger partial charge >= 0.3 is 0 Å². The molecule has 0 aromatic heterocycles. The Labute approximate surface area is 96.1 Å². The van der Waals surface area contributed by atoms with Gasteiger partial charge in [0.2, 0.25) is 0 Å². The number of nitrogens with one attached hydrogen (secondary N) is 1. The predicted octanol–water partition coefficient (Wildman–Crippen LogP) is 1.88. The third-order valence-electron chi connectivity index (χ3n) is 3.22. The van der Waals surface area contributed by atoms with E-state index < -0.39 is 0 Å². The van der Waals surface area contributed by atoms with Gasteiger partial charge in [0.15, 0.2) is 5.17 Å². The van der Waals surface area contributed by atoms with Crippen molar-refractivity contribution < 1.29 is 4.74 Å². The second-order valence-corrected chi connectivity index (χ2v) is 5.59. The Morgan fingerprint density at radius 1 is 1.60 bits per heavy atom. The number of hydrogen-bond acceptors (Lipinski definition) is 4. The summed E-state index contributed by atoms with van der Waals surface area (Å²) in [6, 6.07) is 0. The first-order valence-corrected chi connectivity index (χ1v) is 6.74. The number of ether oxygens (including phenoxy) is 1. The van der Waals surface area contributed by atoms with Crippen LogP contribution in [-0.2, 0) is 4.74 Å². The molecule has 2 aliphatic rings. The summed E-state index contributed by atoms with van der Waals surface area (Å²) in [7, 11) is 0. The summed E-state index contributed by atoms with van der Waals surface area (Å²) >= 11 is 1.89. The molecule has 0 spiro atoms. The zero-order valence-electron chi connectivity index (χ0n) is 9.53. The number of aliphatic imine (C=N–C) groups is 1. The van der Waals surface area contributed by atoms with E-state index in [1.165, 1.54) is 12.8 Å². The van der Waals surface area contributed by atoms with Crippen molar-refractivity contribution in [3.63, 3.8) is 0 Å². The topological polar surface area (TPSA) is 33.6 Å². The minimum Gasteiger partial charge on any atom is -0.378 e. The van der Waals surface area contributed by atoms with E-state index in [4.69, 9.17) is 4.74 Å². The van der Waals surface area contributed by atoms with Crippen molar-refractivity contribution in [1.82, 2.24) is 5.32 Å². The van der Waals surface area contributed by atoms with Crippen molar-refractivity contribution in [3.05, 3.63) is 0 Å². The molecule has 0 bridgehead atoms. The van der Waals surface area contributed by atoms with Crippen LogP contribution >= 0.6 is 11.8 Å². The standard InChI is InChI=1S/C11H20N2OS/c1-3-10-7-13-11(15-10)12-6-9-4-5-14-8(9)2/h8-10H,3-7H2,1-2H3,(H,12,13). The van der Waals surface area contributed by atoms with Crippen LogP contribution in [0.2, 0.25) is 0 Å². The van der Waals surface area contributed by atoms with Gasteiger partial charge < -0.3 is 10.1 Å². The Kier molecular flexibility index (Phi) is 3.92. The summed E-state index contributed by atoms with van der Waals surface area (Å²) in [5, 5.41) is 5.29. The lowest BCUT2D eigenvalue weighted by Crippen LogP contribution is -2.29. The highest BCUT2D eigenvalue weighted by atomic mass is 32.2. The van der Waals surface area contributed by atoms with Crippen molar-refractivity contribution in [2.75, 3.05) is 19.7 Å². The molecule has 0 saturated carbocycles. The fourth-order valence-electron chi connectivity index (χ4n) is 1.99. The highest BCUT2D eigenvalue weighted by Gasteiger charge is 2.25. The van der Waals surface area contributed by atoms with Crippen LogP contribution in [-0.4, -0.2) is 36.2 Å².